The third kappa shape index (κ3) is 4.66. The molecule has 0 radical (unpaired) electrons. The van der Waals surface area contributed by atoms with Crippen LogP contribution in [0.3, 0.4) is 0 Å². The highest BCUT2D eigenvalue weighted by Crippen LogP contribution is 2.25. The first-order valence-corrected chi connectivity index (χ1v) is 7.28. The van der Waals surface area contributed by atoms with Crippen LogP contribution in [0.15, 0.2) is 60.2 Å². The smallest absolute Gasteiger partial charge is 0.127 e. The average Bonchev–Trinajstić information content (AvgIpc) is 2.41. The fraction of sp³-hybridized carbons (Fsp3) is 0.250. The fourth-order valence-electron chi connectivity index (χ4n) is 2.26. The lowest BCUT2D eigenvalue weighted by atomic mass is 9.95. The van der Waals surface area contributed by atoms with E-state index in [4.69, 9.17) is 5.41 Å². The van der Waals surface area contributed by atoms with Gasteiger partial charge in [-0.15, -0.1) is 0 Å². The summed E-state index contributed by atoms with van der Waals surface area (Å²) in [6.07, 6.45) is 4.28. The molecule has 1 aromatic rings. The first-order chi connectivity index (χ1) is 10.3. The zero-order valence-corrected chi connectivity index (χ0v) is 13.9. The second-order valence-corrected chi connectivity index (χ2v) is 5.63. The summed E-state index contributed by atoms with van der Waals surface area (Å²) in [6, 6.07) is 5.17. The molecule has 0 saturated carbocycles. The Kier molecular flexibility index (Phi) is 6.24. The second kappa shape index (κ2) is 7.69. The molecule has 0 fully saturated rings. The molecule has 1 N–H and O–H groups in total. The molecule has 0 atom stereocenters. The van der Waals surface area contributed by atoms with Crippen LogP contribution in [0.2, 0.25) is 0 Å². The number of halogens is 1. The number of nitrogens with one attached hydrogen (secondary N) is 1. The summed E-state index contributed by atoms with van der Waals surface area (Å²) in [6.45, 7) is 15.4. The highest BCUT2D eigenvalue weighted by Gasteiger charge is 2.08. The minimum Gasteiger partial charge on any atom is -0.310 e. The Morgan fingerprint density at radius 2 is 1.77 bits per heavy atom. The molecule has 0 amide bonds. The van der Waals surface area contributed by atoms with Gasteiger partial charge in [-0.1, -0.05) is 42.5 Å². The number of rotatable bonds is 6. The van der Waals surface area contributed by atoms with Crippen molar-refractivity contribution in [1.82, 2.24) is 0 Å². The van der Waals surface area contributed by atoms with Crippen LogP contribution in [-0.4, -0.2) is 5.71 Å². The first-order valence-electron chi connectivity index (χ1n) is 7.28. The minimum atomic E-state index is -0.274. The van der Waals surface area contributed by atoms with Crippen molar-refractivity contribution in [3.05, 3.63) is 77.2 Å². The van der Waals surface area contributed by atoms with Crippen molar-refractivity contribution in [2.75, 3.05) is 0 Å². The standard InChI is InChI=1S/C20H24FN/c1-7-16(11-19(13(2)3)14(4)5)17-8-9-18(10-15(6)22)20(21)12-17/h7-9,11-12,22H,2,4,10H2,1,3,5-6H3/b16-7+,22-15?. The summed E-state index contributed by atoms with van der Waals surface area (Å²) >= 11 is 0. The van der Waals surface area contributed by atoms with Crippen molar-refractivity contribution >= 4 is 11.3 Å². The molecule has 0 aliphatic carbocycles. The molecule has 116 valence electrons. The summed E-state index contributed by atoms with van der Waals surface area (Å²) in [5.41, 5.74) is 5.59. The molecule has 1 aromatic carbocycles. The van der Waals surface area contributed by atoms with Gasteiger partial charge in [0.05, 0.1) is 0 Å². The largest absolute Gasteiger partial charge is 0.310 e. The highest BCUT2D eigenvalue weighted by molar-refractivity contribution is 5.81. The van der Waals surface area contributed by atoms with E-state index in [0.29, 0.717) is 17.7 Å². The van der Waals surface area contributed by atoms with Gasteiger partial charge in [0.2, 0.25) is 0 Å². The Morgan fingerprint density at radius 3 is 2.18 bits per heavy atom. The molecule has 1 rings (SSSR count). The lowest BCUT2D eigenvalue weighted by Crippen LogP contribution is -1.99. The van der Waals surface area contributed by atoms with Gasteiger partial charge in [0.1, 0.15) is 5.82 Å². The number of hydrogen-bond donors (Lipinski definition) is 1. The maximum absolute atomic E-state index is 14.2. The maximum Gasteiger partial charge on any atom is 0.127 e. The monoisotopic (exact) mass is 297 g/mol. The van der Waals surface area contributed by atoms with Crippen molar-refractivity contribution < 1.29 is 4.39 Å². The van der Waals surface area contributed by atoms with Crippen LogP contribution >= 0.6 is 0 Å². The van der Waals surface area contributed by atoms with E-state index in [0.717, 1.165) is 27.9 Å². The predicted molar refractivity (Wildman–Crippen MR) is 94.9 cm³/mol. The summed E-state index contributed by atoms with van der Waals surface area (Å²) in [4.78, 5) is 0. The van der Waals surface area contributed by atoms with Crippen molar-refractivity contribution in [3.63, 3.8) is 0 Å². The van der Waals surface area contributed by atoms with Crippen molar-refractivity contribution in [2.45, 2.75) is 34.1 Å². The lowest BCUT2D eigenvalue weighted by molar-refractivity contribution is 0.615. The van der Waals surface area contributed by atoms with E-state index in [9.17, 15) is 4.39 Å². The van der Waals surface area contributed by atoms with Crippen molar-refractivity contribution in [1.29, 1.82) is 5.41 Å². The molecule has 0 aliphatic rings. The Morgan fingerprint density at radius 1 is 1.18 bits per heavy atom. The van der Waals surface area contributed by atoms with Gasteiger partial charge in [-0.3, -0.25) is 0 Å². The number of benzene rings is 1. The predicted octanol–water partition coefficient (Wildman–Crippen LogP) is 5.89. The van der Waals surface area contributed by atoms with Gasteiger partial charge in [0.25, 0.3) is 0 Å². The Hall–Kier alpha value is -2.22. The summed E-state index contributed by atoms with van der Waals surface area (Å²) < 4.78 is 14.2. The van der Waals surface area contributed by atoms with Crippen LogP contribution < -0.4 is 0 Å². The summed E-state index contributed by atoms with van der Waals surface area (Å²) in [5.74, 6) is -0.274. The number of hydrogen-bond acceptors (Lipinski definition) is 1. The quantitative estimate of drug-likeness (QED) is 0.500. The molecule has 0 bridgehead atoms. The third-order valence-corrected chi connectivity index (χ3v) is 3.37. The molecule has 1 nitrogen and oxygen atoms in total. The molecular formula is C20H24FN. The zero-order valence-electron chi connectivity index (χ0n) is 13.9. The van der Waals surface area contributed by atoms with E-state index in [1.807, 2.05) is 39.0 Å². The number of allylic oxidation sites excluding steroid dienone is 6. The van der Waals surface area contributed by atoms with E-state index in [2.05, 4.69) is 13.2 Å². The van der Waals surface area contributed by atoms with E-state index in [1.54, 1.807) is 13.0 Å². The van der Waals surface area contributed by atoms with Gasteiger partial charge in [0.15, 0.2) is 0 Å². The Bertz CT molecular complexity index is 659. The Balaban J connectivity index is 3.25. The van der Waals surface area contributed by atoms with Crippen LogP contribution in [0.5, 0.6) is 0 Å². The molecule has 22 heavy (non-hydrogen) atoms. The van der Waals surface area contributed by atoms with Gasteiger partial charge >= 0.3 is 0 Å². The molecular weight excluding hydrogens is 273 g/mol. The molecule has 0 aliphatic heterocycles. The van der Waals surface area contributed by atoms with Crippen LogP contribution in [0, 0.1) is 11.2 Å². The molecule has 0 heterocycles. The third-order valence-electron chi connectivity index (χ3n) is 3.37. The fourth-order valence-corrected chi connectivity index (χ4v) is 2.26. The highest BCUT2D eigenvalue weighted by atomic mass is 19.1. The van der Waals surface area contributed by atoms with Gasteiger partial charge in [-0.2, -0.15) is 0 Å². The Labute approximate surface area is 133 Å². The van der Waals surface area contributed by atoms with Crippen LogP contribution in [0.4, 0.5) is 4.39 Å². The molecule has 0 aromatic heterocycles. The van der Waals surface area contributed by atoms with Gasteiger partial charge in [-0.05, 0) is 62.1 Å². The minimum absolute atomic E-state index is 0.274. The zero-order chi connectivity index (χ0) is 16.9. The van der Waals surface area contributed by atoms with Gasteiger partial charge < -0.3 is 5.41 Å². The van der Waals surface area contributed by atoms with Crippen molar-refractivity contribution in [3.8, 4) is 0 Å². The summed E-state index contributed by atoms with van der Waals surface area (Å²) in [7, 11) is 0. The van der Waals surface area contributed by atoms with E-state index in [1.165, 1.54) is 6.07 Å². The SMILES string of the molecule is C=C(C)C(=C/C(=C\C)c1ccc(CC(C)=N)c(F)c1)C(=C)C. The maximum atomic E-state index is 14.2. The van der Waals surface area contributed by atoms with Crippen LogP contribution in [-0.2, 0) is 6.42 Å². The van der Waals surface area contributed by atoms with Gasteiger partial charge in [0, 0.05) is 12.1 Å². The molecule has 0 unspecified atom stereocenters. The lowest BCUT2D eigenvalue weighted by Gasteiger charge is -2.11. The first kappa shape index (κ1) is 17.8. The van der Waals surface area contributed by atoms with Crippen LogP contribution in [0.1, 0.15) is 38.8 Å². The molecule has 2 heteroatoms. The second-order valence-electron chi connectivity index (χ2n) is 5.63. The van der Waals surface area contributed by atoms with E-state index in [-0.39, 0.29) is 5.82 Å². The molecule has 0 spiro atoms. The van der Waals surface area contributed by atoms with Gasteiger partial charge in [-0.25, -0.2) is 4.39 Å². The van der Waals surface area contributed by atoms with E-state index < -0.39 is 0 Å². The summed E-state index contributed by atoms with van der Waals surface area (Å²) in [5, 5.41) is 7.48. The van der Waals surface area contributed by atoms with Crippen molar-refractivity contribution in [2.24, 2.45) is 0 Å². The molecule has 0 saturated heterocycles. The van der Waals surface area contributed by atoms with Crippen LogP contribution in [0.25, 0.3) is 5.57 Å². The van der Waals surface area contributed by atoms with E-state index >= 15 is 0 Å². The average molecular weight is 297 g/mol. The normalized spacial score (nSPS) is 11.0. The topological polar surface area (TPSA) is 23.9 Å².